The second kappa shape index (κ2) is 4.92. The van der Waals surface area contributed by atoms with Gasteiger partial charge in [0.2, 0.25) is 11.8 Å². The third-order valence-corrected chi connectivity index (χ3v) is 3.47. The molecule has 5 heteroatoms. The van der Waals surface area contributed by atoms with Crippen LogP contribution in [0, 0.1) is 0 Å². The van der Waals surface area contributed by atoms with Crippen LogP contribution in [-0.4, -0.2) is 29.4 Å². The second-order valence-corrected chi connectivity index (χ2v) is 4.91. The van der Waals surface area contributed by atoms with E-state index in [2.05, 4.69) is 10.3 Å². The zero-order valence-corrected chi connectivity index (χ0v) is 11.2. The molecule has 2 aromatic rings. The molecule has 102 valence electrons. The zero-order valence-electron chi connectivity index (χ0n) is 11.2. The fourth-order valence-corrected chi connectivity index (χ4v) is 2.42. The molecule has 1 aromatic heterocycles. The topological polar surface area (TPSA) is 62.3 Å². The number of nitrogens with one attached hydrogen (secondary N) is 1. The maximum absolute atomic E-state index is 12.3. The third kappa shape index (κ3) is 2.22. The number of amides is 2. The number of fused-ring (bicyclic) bond motifs is 1. The molecule has 0 radical (unpaired) electrons. The Hall–Kier alpha value is -2.43. The van der Waals surface area contributed by atoms with Gasteiger partial charge in [0.1, 0.15) is 6.04 Å². The molecule has 1 unspecified atom stereocenters. The molecule has 1 aromatic carbocycles. The Morgan fingerprint density at radius 3 is 3.00 bits per heavy atom. The Morgan fingerprint density at radius 1 is 1.30 bits per heavy atom. The van der Waals surface area contributed by atoms with Gasteiger partial charge in [0.25, 0.3) is 0 Å². The van der Waals surface area contributed by atoms with Crippen molar-refractivity contribution in [1.82, 2.24) is 10.3 Å². The Balaban J connectivity index is 2.00. The summed E-state index contributed by atoms with van der Waals surface area (Å²) in [6.07, 6.45) is 2.06. The quantitative estimate of drug-likeness (QED) is 0.853. The first kappa shape index (κ1) is 12.6. The number of carbonyl (C=O) groups is 2. The first-order valence-corrected chi connectivity index (χ1v) is 6.61. The lowest BCUT2D eigenvalue weighted by Gasteiger charge is -2.22. The summed E-state index contributed by atoms with van der Waals surface area (Å²) in [4.78, 5) is 29.8. The Labute approximate surface area is 116 Å². The molecule has 5 nitrogen and oxygen atoms in total. The molecule has 1 aliphatic rings. The van der Waals surface area contributed by atoms with Gasteiger partial charge in [0.15, 0.2) is 0 Å². The molecule has 2 heterocycles. The van der Waals surface area contributed by atoms with Crippen LogP contribution in [0.25, 0.3) is 10.9 Å². The molecule has 1 fully saturated rings. The molecule has 0 spiro atoms. The summed E-state index contributed by atoms with van der Waals surface area (Å²) in [5.74, 6) is -0.171. The van der Waals surface area contributed by atoms with Crippen molar-refractivity contribution in [3.05, 3.63) is 36.5 Å². The van der Waals surface area contributed by atoms with Crippen LogP contribution < -0.4 is 10.2 Å². The van der Waals surface area contributed by atoms with Crippen LogP contribution in [0.2, 0.25) is 0 Å². The third-order valence-electron chi connectivity index (χ3n) is 3.47. The second-order valence-electron chi connectivity index (χ2n) is 4.91. The molecule has 2 amide bonds. The van der Waals surface area contributed by atoms with Gasteiger partial charge in [-0.1, -0.05) is 6.07 Å². The largest absolute Gasteiger partial charge is 0.345 e. The summed E-state index contributed by atoms with van der Waals surface area (Å²) in [6.45, 7) is 2.11. The SMILES string of the molecule is CC1NC(=O)CCN(c2ccc3ncccc3c2)C1=O. The van der Waals surface area contributed by atoms with Crippen molar-refractivity contribution in [3.8, 4) is 0 Å². The minimum absolute atomic E-state index is 0.0842. The molecular formula is C15H15N3O2. The van der Waals surface area contributed by atoms with Crippen LogP contribution >= 0.6 is 0 Å². The van der Waals surface area contributed by atoms with E-state index in [1.54, 1.807) is 18.0 Å². The van der Waals surface area contributed by atoms with Crippen molar-refractivity contribution in [1.29, 1.82) is 0 Å². The van der Waals surface area contributed by atoms with Gasteiger partial charge in [-0.05, 0) is 31.2 Å². The van der Waals surface area contributed by atoms with Crippen molar-refractivity contribution in [3.63, 3.8) is 0 Å². The number of hydrogen-bond acceptors (Lipinski definition) is 3. The summed E-state index contributed by atoms with van der Waals surface area (Å²) < 4.78 is 0. The highest BCUT2D eigenvalue weighted by molar-refractivity contribution is 6.02. The first-order chi connectivity index (χ1) is 9.65. The van der Waals surface area contributed by atoms with Crippen molar-refractivity contribution < 1.29 is 9.59 Å². The van der Waals surface area contributed by atoms with E-state index in [1.165, 1.54) is 0 Å². The Kier molecular flexibility index (Phi) is 3.10. The lowest BCUT2D eigenvalue weighted by atomic mass is 10.1. The predicted octanol–water partition coefficient (Wildman–Crippen LogP) is 1.48. The van der Waals surface area contributed by atoms with Crippen molar-refractivity contribution in [2.24, 2.45) is 0 Å². The van der Waals surface area contributed by atoms with Gasteiger partial charge in [-0.25, -0.2) is 0 Å². The maximum Gasteiger partial charge on any atom is 0.249 e. The molecule has 1 atom stereocenters. The average Bonchev–Trinajstić information content (AvgIpc) is 2.58. The van der Waals surface area contributed by atoms with Gasteiger partial charge >= 0.3 is 0 Å². The molecule has 3 rings (SSSR count). The van der Waals surface area contributed by atoms with Crippen LogP contribution in [0.5, 0.6) is 0 Å². The van der Waals surface area contributed by atoms with Crippen LogP contribution in [0.4, 0.5) is 5.69 Å². The van der Waals surface area contributed by atoms with E-state index >= 15 is 0 Å². The summed E-state index contributed by atoms with van der Waals surface area (Å²) in [6, 6.07) is 9.03. The smallest absolute Gasteiger partial charge is 0.249 e. The fourth-order valence-electron chi connectivity index (χ4n) is 2.42. The van der Waals surface area contributed by atoms with Gasteiger partial charge in [-0.3, -0.25) is 14.6 Å². The lowest BCUT2D eigenvalue weighted by molar-refractivity contribution is -0.125. The maximum atomic E-state index is 12.3. The standard InChI is InChI=1S/C15H15N3O2/c1-10-15(20)18(8-6-14(19)17-10)12-4-5-13-11(9-12)3-2-7-16-13/h2-5,7,9-10H,6,8H2,1H3,(H,17,19). The summed E-state index contributed by atoms with van der Waals surface area (Å²) in [7, 11) is 0. The van der Waals surface area contributed by atoms with Gasteiger partial charge in [-0.15, -0.1) is 0 Å². The predicted molar refractivity (Wildman–Crippen MR) is 76.3 cm³/mol. The monoisotopic (exact) mass is 269 g/mol. The average molecular weight is 269 g/mol. The number of nitrogens with zero attached hydrogens (tertiary/aromatic N) is 2. The number of carbonyl (C=O) groups excluding carboxylic acids is 2. The van der Waals surface area contributed by atoms with Gasteiger partial charge in [0, 0.05) is 30.2 Å². The van der Waals surface area contributed by atoms with Crippen LogP contribution in [-0.2, 0) is 9.59 Å². The number of hydrogen-bond donors (Lipinski definition) is 1. The van der Waals surface area contributed by atoms with Gasteiger partial charge in [0.05, 0.1) is 5.52 Å². The van der Waals surface area contributed by atoms with Crippen molar-refractivity contribution in [2.45, 2.75) is 19.4 Å². The minimum Gasteiger partial charge on any atom is -0.345 e. The molecule has 1 saturated heterocycles. The van der Waals surface area contributed by atoms with Crippen LogP contribution in [0.3, 0.4) is 0 Å². The Bertz CT molecular complexity index is 684. The normalized spacial score (nSPS) is 19.9. The molecule has 0 bridgehead atoms. The van der Waals surface area contributed by atoms with Crippen LogP contribution in [0.1, 0.15) is 13.3 Å². The molecular weight excluding hydrogens is 254 g/mol. The van der Waals surface area contributed by atoms with E-state index in [0.717, 1.165) is 16.6 Å². The summed E-state index contributed by atoms with van der Waals surface area (Å²) >= 11 is 0. The van der Waals surface area contributed by atoms with Crippen molar-refractivity contribution >= 4 is 28.4 Å². The first-order valence-electron chi connectivity index (χ1n) is 6.61. The number of rotatable bonds is 1. The van der Waals surface area contributed by atoms with E-state index in [-0.39, 0.29) is 11.8 Å². The van der Waals surface area contributed by atoms with E-state index in [9.17, 15) is 9.59 Å². The summed E-state index contributed by atoms with van der Waals surface area (Å²) in [5.41, 5.74) is 1.69. The zero-order chi connectivity index (χ0) is 14.1. The van der Waals surface area contributed by atoms with E-state index in [1.807, 2.05) is 30.3 Å². The van der Waals surface area contributed by atoms with Crippen molar-refractivity contribution in [2.75, 3.05) is 11.4 Å². The minimum atomic E-state index is -0.491. The van der Waals surface area contributed by atoms with Gasteiger partial charge < -0.3 is 10.2 Å². The fraction of sp³-hybridized carbons (Fsp3) is 0.267. The molecule has 0 saturated carbocycles. The Morgan fingerprint density at radius 2 is 2.15 bits per heavy atom. The van der Waals surface area contributed by atoms with E-state index in [4.69, 9.17) is 0 Å². The molecule has 20 heavy (non-hydrogen) atoms. The molecule has 1 aliphatic heterocycles. The number of pyridine rings is 1. The molecule has 1 N–H and O–H groups in total. The molecule has 0 aliphatic carbocycles. The highest BCUT2D eigenvalue weighted by Gasteiger charge is 2.27. The van der Waals surface area contributed by atoms with Gasteiger partial charge in [-0.2, -0.15) is 0 Å². The number of aromatic nitrogens is 1. The highest BCUT2D eigenvalue weighted by Crippen LogP contribution is 2.22. The van der Waals surface area contributed by atoms with Crippen LogP contribution in [0.15, 0.2) is 36.5 Å². The lowest BCUT2D eigenvalue weighted by Crippen LogP contribution is -2.42. The summed E-state index contributed by atoms with van der Waals surface area (Å²) in [5, 5.41) is 3.67. The van der Waals surface area contributed by atoms with E-state index < -0.39 is 6.04 Å². The highest BCUT2D eigenvalue weighted by atomic mass is 16.2. The van der Waals surface area contributed by atoms with E-state index in [0.29, 0.717) is 13.0 Å². The number of anilines is 1. The number of benzene rings is 1.